The molecule has 0 unspecified atom stereocenters. The van der Waals surface area contributed by atoms with Gasteiger partial charge in [-0.15, -0.1) is 0 Å². The Morgan fingerprint density at radius 2 is 1.35 bits per heavy atom. The van der Waals surface area contributed by atoms with Crippen molar-refractivity contribution in [3.8, 4) is 11.5 Å². The van der Waals surface area contributed by atoms with Crippen molar-refractivity contribution < 1.29 is 9.47 Å². The fourth-order valence-corrected chi connectivity index (χ4v) is 3.67. The van der Waals surface area contributed by atoms with Crippen molar-refractivity contribution in [2.24, 2.45) is 0 Å². The summed E-state index contributed by atoms with van der Waals surface area (Å²) in [6.07, 6.45) is 4.36. The van der Waals surface area contributed by atoms with Gasteiger partial charge in [0.25, 0.3) is 0 Å². The molecule has 0 spiro atoms. The number of aryl methyl sites for hydroxylation is 2. The molecule has 26 heavy (non-hydrogen) atoms. The highest BCUT2D eigenvalue weighted by atomic mass is 16.5. The van der Waals surface area contributed by atoms with Gasteiger partial charge in [-0.2, -0.15) is 0 Å². The molecule has 0 radical (unpaired) electrons. The molecular weight excluding hydrogens is 320 g/mol. The third-order valence-electron chi connectivity index (χ3n) is 5.02. The topological polar surface area (TPSA) is 18.5 Å². The normalized spacial score (nSPS) is 12.6. The molecule has 4 rings (SSSR count). The van der Waals surface area contributed by atoms with Gasteiger partial charge in [-0.25, -0.2) is 0 Å². The molecule has 0 atom stereocenters. The average molecular weight is 342 g/mol. The minimum absolute atomic E-state index is 0.797. The summed E-state index contributed by atoms with van der Waals surface area (Å²) in [5.41, 5.74) is 7.68. The SMILES string of the molecule is COc1ccc(C=C2c3ccccc3CCc3ccccc32)c(OC)c1. The predicted octanol–water partition coefficient (Wildman–Crippen LogP) is 5.39. The van der Waals surface area contributed by atoms with E-state index in [9.17, 15) is 0 Å². The van der Waals surface area contributed by atoms with Crippen LogP contribution in [0.25, 0.3) is 11.6 Å². The Bertz CT molecular complexity index is 920. The van der Waals surface area contributed by atoms with Crippen molar-refractivity contribution in [1.82, 2.24) is 0 Å². The summed E-state index contributed by atoms with van der Waals surface area (Å²) in [6, 6.07) is 23.4. The highest BCUT2D eigenvalue weighted by molar-refractivity contribution is 5.94. The summed E-state index contributed by atoms with van der Waals surface area (Å²) in [5.74, 6) is 1.61. The number of hydrogen-bond acceptors (Lipinski definition) is 2. The molecule has 0 bridgehead atoms. The molecule has 0 saturated carbocycles. The van der Waals surface area contributed by atoms with E-state index in [-0.39, 0.29) is 0 Å². The molecule has 2 heteroatoms. The lowest BCUT2D eigenvalue weighted by Crippen LogP contribution is -1.94. The Kier molecular flexibility index (Phi) is 4.49. The largest absolute Gasteiger partial charge is 0.497 e. The minimum Gasteiger partial charge on any atom is -0.497 e. The van der Waals surface area contributed by atoms with Crippen molar-refractivity contribution in [2.75, 3.05) is 14.2 Å². The number of methoxy groups -OCH3 is 2. The number of fused-ring (bicyclic) bond motifs is 2. The predicted molar refractivity (Wildman–Crippen MR) is 107 cm³/mol. The first kappa shape index (κ1) is 16.5. The zero-order valence-electron chi connectivity index (χ0n) is 15.2. The molecule has 3 aromatic rings. The smallest absolute Gasteiger partial charge is 0.129 e. The zero-order valence-corrected chi connectivity index (χ0v) is 15.2. The standard InChI is InChI=1S/C24H22O2/c1-25-20-14-13-19(24(16-20)26-2)15-23-21-9-5-3-7-17(21)11-12-18-8-4-6-10-22(18)23/h3-10,13-16H,11-12H2,1-2H3. The molecular formula is C24H22O2. The van der Waals surface area contributed by atoms with Gasteiger partial charge in [0.05, 0.1) is 14.2 Å². The van der Waals surface area contributed by atoms with Crippen LogP contribution in [0.2, 0.25) is 0 Å². The molecule has 0 N–H and O–H groups in total. The second-order valence-corrected chi connectivity index (χ2v) is 6.48. The minimum atomic E-state index is 0.797. The zero-order chi connectivity index (χ0) is 17.9. The summed E-state index contributed by atoms with van der Waals surface area (Å²) in [7, 11) is 3.37. The quantitative estimate of drug-likeness (QED) is 0.635. The van der Waals surface area contributed by atoms with Gasteiger partial charge in [-0.05, 0) is 58.9 Å². The van der Waals surface area contributed by atoms with Gasteiger partial charge in [-0.1, -0.05) is 48.5 Å². The lowest BCUT2D eigenvalue weighted by Gasteiger charge is -2.14. The highest BCUT2D eigenvalue weighted by Crippen LogP contribution is 2.36. The van der Waals surface area contributed by atoms with Crippen LogP contribution >= 0.6 is 0 Å². The number of ether oxygens (including phenoxy) is 2. The van der Waals surface area contributed by atoms with Crippen LogP contribution in [0.3, 0.4) is 0 Å². The van der Waals surface area contributed by atoms with Crippen molar-refractivity contribution in [3.05, 3.63) is 94.5 Å². The molecule has 0 fully saturated rings. The summed E-state index contributed by atoms with van der Waals surface area (Å²) in [6.45, 7) is 0. The van der Waals surface area contributed by atoms with E-state index in [1.54, 1.807) is 14.2 Å². The number of benzene rings is 3. The maximum absolute atomic E-state index is 5.61. The summed E-state index contributed by atoms with van der Waals surface area (Å²) in [5, 5.41) is 0. The van der Waals surface area contributed by atoms with E-state index < -0.39 is 0 Å². The third kappa shape index (κ3) is 2.99. The molecule has 0 heterocycles. The molecule has 1 aliphatic rings. The summed E-state index contributed by atoms with van der Waals surface area (Å²) < 4.78 is 10.9. The Labute approximate surface area is 154 Å². The molecule has 2 nitrogen and oxygen atoms in total. The second kappa shape index (κ2) is 7.09. The van der Waals surface area contributed by atoms with Crippen molar-refractivity contribution in [3.63, 3.8) is 0 Å². The van der Waals surface area contributed by atoms with Crippen molar-refractivity contribution >= 4 is 11.6 Å². The summed E-state index contributed by atoms with van der Waals surface area (Å²) >= 11 is 0. The van der Waals surface area contributed by atoms with Gasteiger partial charge in [0.1, 0.15) is 11.5 Å². The molecule has 0 aromatic heterocycles. The molecule has 3 aromatic carbocycles. The van der Waals surface area contributed by atoms with Crippen LogP contribution in [-0.4, -0.2) is 14.2 Å². The fourth-order valence-electron chi connectivity index (χ4n) is 3.67. The number of rotatable bonds is 3. The maximum Gasteiger partial charge on any atom is 0.129 e. The van der Waals surface area contributed by atoms with Crippen molar-refractivity contribution in [1.29, 1.82) is 0 Å². The third-order valence-corrected chi connectivity index (χ3v) is 5.02. The van der Waals surface area contributed by atoms with Gasteiger partial charge in [-0.3, -0.25) is 0 Å². The molecule has 130 valence electrons. The molecule has 0 aliphatic heterocycles. The first-order valence-corrected chi connectivity index (χ1v) is 8.90. The van der Waals surface area contributed by atoms with Gasteiger partial charge in [0, 0.05) is 11.6 Å². The van der Waals surface area contributed by atoms with Gasteiger partial charge >= 0.3 is 0 Å². The van der Waals surface area contributed by atoms with Crippen LogP contribution < -0.4 is 9.47 Å². The van der Waals surface area contributed by atoms with Crippen LogP contribution in [-0.2, 0) is 12.8 Å². The highest BCUT2D eigenvalue weighted by Gasteiger charge is 2.18. The molecule has 0 saturated heterocycles. The lowest BCUT2D eigenvalue weighted by atomic mass is 9.92. The van der Waals surface area contributed by atoms with Crippen molar-refractivity contribution in [2.45, 2.75) is 12.8 Å². The van der Waals surface area contributed by atoms with Crippen LogP contribution in [0.15, 0.2) is 66.7 Å². The van der Waals surface area contributed by atoms with E-state index >= 15 is 0 Å². The number of hydrogen-bond donors (Lipinski definition) is 0. The first-order valence-electron chi connectivity index (χ1n) is 8.90. The van der Waals surface area contributed by atoms with E-state index in [0.29, 0.717) is 0 Å². The van der Waals surface area contributed by atoms with Crippen LogP contribution in [0, 0.1) is 0 Å². The average Bonchev–Trinajstić information content (AvgIpc) is 2.86. The Hall–Kier alpha value is -3.00. The Morgan fingerprint density at radius 3 is 1.92 bits per heavy atom. The van der Waals surface area contributed by atoms with E-state index in [1.165, 1.54) is 27.8 Å². The maximum atomic E-state index is 5.61. The van der Waals surface area contributed by atoms with Crippen LogP contribution in [0.4, 0.5) is 0 Å². The van der Waals surface area contributed by atoms with Gasteiger partial charge in [0.2, 0.25) is 0 Å². The molecule has 0 amide bonds. The van der Waals surface area contributed by atoms with Crippen LogP contribution in [0.1, 0.15) is 27.8 Å². The lowest BCUT2D eigenvalue weighted by molar-refractivity contribution is 0.394. The van der Waals surface area contributed by atoms with Gasteiger partial charge in [0.15, 0.2) is 0 Å². The van der Waals surface area contributed by atoms with E-state index in [1.807, 2.05) is 12.1 Å². The fraction of sp³-hybridized carbons (Fsp3) is 0.167. The Morgan fingerprint density at radius 1 is 0.731 bits per heavy atom. The molecule has 1 aliphatic carbocycles. The van der Waals surface area contributed by atoms with Gasteiger partial charge < -0.3 is 9.47 Å². The van der Waals surface area contributed by atoms with E-state index in [4.69, 9.17) is 9.47 Å². The monoisotopic (exact) mass is 342 g/mol. The van der Waals surface area contributed by atoms with E-state index in [0.717, 1.165) is 29.9 Å². The summed E-state index contributed by atoms with van der Waals surface area (Å²) in [4.78, 5) is 0. The van der Waals surface area contributed by atoms with Crippen LogP contribution in [0.5, 0.6) is 11.5 Å². The van der Waals surface area contributed by atoms with E-state index in [2.05, 4.69) is 60.7 Å². The second-order valence-electron chi connectivity index (χ2n) is 6.48. The first-order chi connectivity index (χ1) is 12.8. The Balaban J connectivity index is 1.94.